The lowest BCUT2D eigenvalue weighted by Crippen LogP contribution is -2.43. The first-order valence-electron chi connectivity index (χ1n) is 9.25. The summed E-state index contributed by atoms with van der Waals surface area (Å²) in [4.78, 5) is 15.6. The summed E-state index contributed by atoms with van der Waals surface area (Å²) in [6, 6.07) is 9.07. The molecule has 0 atom stereocenters. The van der Waals surface area contributed by atoms with Crippen molar-refractivity contribution in [3.05, 3.63) is 43.0 Å². The smallest absolute Gasteiger partial charge is 0.142 e. The maximum absolute atomic E-state index is 4.52. The number of nitrogens with one attached hydrogen (secondary N) is 1. The third kappa shape index (κ3) is 2.86. The van der Waals surface area contributed by atoms with Gasteiger partial charge in [-0.1, -0.05) is 12.1 Å². The molecule has 1 fully saturated rings. The summed E-state index contributed by atoms with van der Waals surface area (Å²) >= 11 is 1.96. The van der Waals surface area contributed by atoms with Gasteiger partial charge in [0.2, 0.25) is 0 Å². The van der Waals surface area contributed by atoms with Gasteiger partial charge in [0.25, 0.3) is 0 Å². The summed E-state index contributed by atoms with van der Waals surface area (Å²) in [6.07, 6.45) is 7.93. The molecular formula is C20H22N6S. The van der Waals surface area contributed by atoms with Gasteiger partial charge in [0, 0.05) is 42.4 Å². The molecule has 138 valence electrons. The van der Waals surface area contributed by atoms with Gasteiger partial charge in [0.15, 0.2) is 0 Å². The van der Waals surface area contributed by atoms with Gasteiger partial charge in [-0.25, -0.2) is 9.97 Å². The van der Waals surface area contributed by atoms with Crippen LogP contribution in [-0.2, 0) is 7.05 Å². The van der Waals surface area contributed by atoms with Gasteiger partial charge in [0.1, 0.15) is 17.8 Å². The maximum Gasteiger partial charge on any atom is 0.142 e. The quantitative estimate of drug-likeness (QED) is 0.535. The van der Waals surface area contributed by atoms with Crippen molar-refractivity contribution in [2.45, 2.75) is 23.8 Å². The largest absolute Gasteiger partial charge is 0.356 e. The first-order chi connectivity index (χ1) is 13.2. The number of aromatic nitrogens is 5. The number of hydrogen-bond donors (Lipinski definition) is 1. The molecule has 1 aliphatic rings. The van der Waals surface area contributed by atoms with E-state index in [0.717, 1.165) is 28.5 Å². The Bertz CT molecular complexity index is 1090. The number of aryl methyl sites for hydroxylation is 1. The van der Waals surface area contributed by atoms with Crippen LogP contribution >= 0.6 is 11.8 Å². The number of rotatable bonds is 5. The number of para-hydroxylation sites is 1. The average Bonchev–Trinajstić information content (AvgIpc) is 3.27. The fourth-order valence-corrected chi connectivity index (χ4v) is 5.23. The Balaban J connectivity index is 1.23. The Hall–Kier alpha value is -2.54. The third-order valence-electron chi connectivity index (χ3n) is 5.62. The standard InChI is InChI=1S/C20H22N6S/c1-25(20-16-6-7-21-19(16)22-12-23-20)15-8-13(9-15)11-27-17-5-3-4-14-10-24-26(2)18(14)17/h3-7,10,12-13,15H,8-9,11H2,1-2H3,(H,21,22,23). The molecule has 3 aromatic heterocycles. The van der Waals surface area contributed by atoms with Crippen LogP contribution in [0, 0.1) is 5.92 Å². The van der Waals surface area contributed by atoms with E-state index in [1.54, 1.807) is 6.33 Å². The van der Waals surface area contributed by atoms with Crippen molar-refractivity contribution in [3.8, 4) is 0 Å². The van der Waals surface area contributed by atoms with Gasteiger partial charge < -0.3 is 9.88 Å². The summed E-state index contributed by atoms with van der Waals surface area (Å²) < 4.78 is 1.98. The SMILES string of the molecule is CN(c1ncnc2[nH]ccc12)C1CC(CSc2cccc3cnn(C)c23)C1. The zero-order valence-electron chi connectivity index (χ0n) is 15.5. The lowest BCUT2D eigenvalue weighted by Gasteiger charge is -2.41. The second-order valence-corrected chi connectivity index (χ2v) is 8.37. The monoisotopic (exact) mass is 378 g/mol. The molecule has 0 unspecified atom stereocenters. The number of H-pyrrole nitrogens is 1. The predicted molar refractivity (Wildman–Crippen MR) is 110 cm³/mol. The zero-order chi connectivity index (χ0) is 18.4. The second-order valence-electron chi connectivity index (χ2n) is 7.31. The summed E-state index contributed by atoms with van der Waals surface area (Å²) in [5, 5.41) is 6.70. The van der Waals surface area contributed by atoms with Crippen molar-refractivity contribution in [1.29, 1.82) is 0 Å². The van der Waals surface area contributed by atoms with Gasteiger partial charge in [-0.15, -0.1) is 11.8 Å². The molecule has 4 aromatic rings. The van der Waals surface area contributed by atoms with Crippen molar-refractivity contribution in [2.24, 2.45) is 13.0 Å². The number of aromatic amines is 1. The van der Waals surface area contributed by atoms with Gasteiger partial charge in [-0.2, -0.15) is 5.10 Å². The molecule has 0 spiro atoms. The van der Waals surface area contributed by atoms with Gasteiger partial charge in [-0.05, 0) is 30.9 Å². The van der Waals surface area contributed by atoms with E-state index < -0.39 is 0 Å². The Kier molecular flexibility index (Phi) is 4.04. The molecule has 1 aliphatic carbocycles. The van der Waals surface area contributed by atoms with Crippen LogP contribution in [0.4, 0.5) is 5.82 Å². The van der Waals surface area contributed by atoms with Crippen LogP contribution in [-0.4, -0.2) is 43.6 Å². The highest BCUT2D eigenvalue weighted by atomic mass is 32.2. The predicted octanol–water partition coefficient (Wildman–Crippen LogP) is 3.85. The minimum absolute atomic E-state index is 0.552. The molecule has 6 nitrogen and oxygen atoms in total. The first kappa shape index (κ1) is 16.6. The lowest BCUT2D eigenvalue weighted by molar-refractivity contribution is 0.286. The highest BCUT2D eigenvalue weighted by Crippen LogP contribution is 2.39. The highest BCUT2D eigenvalue weighted by molar-refractivity contribution is 7.99. The van der Waals surface area contributed by atoms with Crippen LogP contribution in [0.15, 0.2) is 47.9 Å². The zero-order valence-corrected chi connectivity index (χ0v) is 16.3. The Labute approximate surface area is 162 Å². The van der Waals surface area contributed by atoms with Crippen molar-refractivity contribution in [1.82, 2.24) is 24.7 Å². The van der Waals surface area contributed by atoms with Crippen LogP contribution in [0.3, 0.4) is 0 Å². The molecule has 0 aliphatic heterocycles. The summed E-state index contributed by atoms with van der Waals surface area (Å²) in [5.74, 6) is 2.92. The molecule has 5 rings (SSSR count). The Morgan fingerprint density at radius 3 is 3.04 bits per heavy atom. The number of nitrogens with zero attached hydrogens (tertiary/aromatic N) is 5. The van der Waals surface area contributed by atoms with E-state index in [1.165, 1.54) is 28.6 Å². The Morgan fingerprint density at radius 1 is 1.26 bits per heavy atom. The van der Waals surface area contributed by atoms with Crippen molar-refractivity contribution in [3.63, 3.8) is 0 Å². The third-order valence-corrected chi connectivity index (χ3v) is 6.90. The fraction of sp³-hybridized carbons (Fsp3) is 0.350. The molecule has 27 heavy (non-hydrogen) atoms. The fourth-order valence-electron chi connectivity index (χ4n) is 3.99. The minimum atomic E-state index is 0.552. The van der Waals surface area contributed by atoms with E-state index >= 15 is 0 Å². The lowest BCUT2D eigenvalue weighted by atomic mass is 9.81. The molecule has 0 radical (unpaired) electrons. The van der Waals surface area contributed by atoms with E-state index in [0.29, 0.717) is 6.04 Å². The molecule has 1 saturated carbocycles. The molecule has 7 heteroatoms. The minimum Gasteiger partial charge on any atom is -0.356 e. The molecule has 3 heterocycles. The van der Waals surface area contributed by atoms with E-state index in [1.807, 2.05) is 35.9 Å². The molecule has 0 saturated heterocycles. The van der Waals surface area contributed by atoms with E-state index in [-0.39, 0.29) is 0 Å². The van der Waals surface area contributed by atoms with E-state index in [2.05, 4.69) is 56.3 Å². The number of thioether (sulfide) groups is 1. The van der Waals surface area contributed by atoms with Gasteiger partial charge in [-0.3, -0.25) is 4.68 Å². The van der Waals surface area contributed by atoms with Crippen LogP contribution in [0.1, 0.15) is 12.8 Å². The van der Waals surface area contributed by atoms with E-state index in [9.17, 15) is 0 Å². The summed E-state index contributed by atoms with van der Waals surface area (Å²) in [6.45, 7) is 0. The average molecular weight is 379 g/mol. The first-order valence-corrected chi connectivity index (χ1v) is 10.2. The highest BCUT2D eigenvalue weighted by Gasteiger charge is 2.33. The summed E-state index contributed by atoms with van der Waals surface area (Å²) in [5.41, 5.74) is 2.15. The molecular weight excluding hydrogens is 356 g/mol. The normalized spacial score (nSPS) is 19.5. The molecule has 1 N–H and O–H groups in total. The van der Waals surface area contributed by atoms with Crippen LogP contribution < -0.4 is 4.90 Å². The van der Waals surface area contributed by atoms with Crippen molar-refractivity contribution >= 4 is 39.5 Å². The van der Waals surface area contributed by atoms with Crippen LogP contribution in [0.25, 0.3) is 21.9 Å². The van der Waals surface area contributed by atoms with Crippen LogP contribution in [0.5, 0.6) is 0 Å². The number of benzene rings is 1. The Morgan fingerprint density at radius 2 is 2.15 bits per heavy atom. The van der Waals surface area contributed by atoms with Crippen molar-refractivity contribution < 1.29 is 0 Å². The second kappa shape index (κ2) is 6.56. The molecule has 0 amide bonds. The van der Waals surface area contributed by atoms with Gasteiger partial charge >= 0.3 is 0 Å². The number of anilines is 1. The topological polar surface area (TPSA) is 62.6 Å². The number of fused-ring (bicyclic) bond motifs is 2. The van der Waals surface area contributed by atoms with Crippen LogP contribution in [0.2, 0.25) is 0 Å². The molecule has 0 bridgehead atoms. The van der Waals surface area contributed by atoms with Crippen molar-refractivity contribution in [2.75, 3.05) is 17.7 Å². The molecule has 1 aromatic carbocycles. The summed E-state index contributed by atoms with van der Waals surface area (Å²) in [7, 11) is 4.17. The maximum atomic E-state index is 4.52. The van der Waals surface area contributed by atoms with Gasteiger partial charge in [0.05, 0.1) is 17.1 Å². The van der Waals surface area contributed by atoms with E-state index in [4.69, 9.17) is 0 Å². The number of hydrogen-bond acceptors (Lipinski definition) is 5.